The number of unbranched alkanes of at least 4 members (excludes halogenated alkanes) is 59. The number of hydrogen-bond donors (Lipinski definition) is 3. The van der Waals surface area contributed by atoms with Crippen LogP contribution in [0.4, 0.5) is 0 Å². The van der Waals surface area contributed by atoms with Gasteiger partial charge in [0.25, 0.3) is 0 Å². The molecule has 0 saturated carbocycles. The van der Waals surface area contributed by atoms with Gasteiger partial charge in [-0.3, -0.25) is 37.3 Å². The number of phosphoric ester groups is 2. The Hall–Kier alpha value is -1.94. The molecule has 0 saturated heterocycles. The van der Waals surface area contributed by atoms with Gasteiger partial charge in [-0.1, -0.05) is 420 Å². The number of phosphoric acid groups is 2. The van der Waals surface area contributed by atoms with E-state index in [1.807, 2.05) is 0 Å². The predicted octanol–water partition coefficient (Wildman–Crippen LogP) is 26.8. The number of carbonyl (C=O) groups is 4. The van der Waals surface area contributed by atoms with Crippen molar-refractivity contribution in [2.24, 2.45) is 5.92 Å². The third-order valence-corrected chi connectivity index (χ3v) is 22.4. The van der Waals surface area contributed by atoms with Crippen LogP contribution in [0.5, 0.6) is 0 Å². The highest BCUT2D eigenvalue weighted by Gasteiger charge is 2.30. The van der Waals surface area contributed by atoms with Crippen LogP contribution in [0.2, 0.25) is 0 Å². The zero-order valence-electron chi connectivity index (χ0n) is 69.6. The number of aliphatic hydroxyl groups is 1. The van der Waals surface area contributed by atoms with E-state index in [4.69, 9.17) is 37.0 Å². The number of ether oxygens (including phenoxy) is 4. The molecule has 0 spiro atoms. The van der Waals surface area contributed by atoms with Crippen LogP contribution in [0, 0.1) is 5.92 Å². The second kappa shape index (κ2) is 79.7. The molecule has 17 nitrogen and oxygen atoms in total. The average molecular weight is 1550 g/mol. The van der Waals surface area contributed by atoms with E-state index in [9.17, 15) is 43.2 Å². The van der Waals surface area contributed by atoms with Crippen molar-refractivity contribution in [1.29, 1.82) is 0 Å². The Bertz CT molecular complexity index is 2010. The van der Waals surface area contributed by atoms with Crippen LogP contribution in [0.25, 0.3) is 0 Å². The Labute approximate surface area is 651 Å². The summed E-state index contributed by atoms with van der Waals surface area (Å²) in [6.07, 6.45) is 73.6. The number of carbonyl (C=O) groups excluding carboxylic acids is 4. The Morgan fingerprint density at radius 3 is 0.642 bits per heavy atom. The van der Waals surface area contributed by atoms with Gasteiger partial charge in [0.1, 0.15) is 19.3 Å². The van der Waals surface area contributed by atoms with Gasteiger partial charge in [0.2, 0.25) is 0 Å². The molecule has 0 aromatic carbocycles. The first-order chi connectivity index (χ1) is 51.5. The number of hydrogen-bond acceptors (Lipinski definition) is 15. The van der Waals surface area contributed by atoms with Gasteiger partial charge in [-0.15, -0.1) is 0 Å². The Morgan fingerprint density at radius 1 is 0.255 bits per heavy atom. The molecule has 0 radical (unpaired) electrons. The van der Waals surface area contributed by atoms with Crippen LogP contribution in [-0.4, -0.2) is 96.7 Å². The van der Waals surface area contributed by atoms with Crippen LogP contribution in [-0.2, 0) is 65.4 Å². The Morgan fingerprint density at radius 2 is 0.434 bits per heavy atom. The van der Waals surface area contributed by atoms with E-state index in [0.717, 1.165) is 95.8 Å². The lowest BCUT2D eigenvalue weighted by molar-refractivity contribution is -0.161. The molecule has 0 aliphatic carbocycles. The summed E-state index contributed by atoms with van der Waals surface area (Å²) in [4.78, 5) is 73.3. The van der Waals surface area contributed by atoms with E-state index in [-0.39, 0.29) is 25.7 Å². The highest BCUT2D eigenvalue weighted by Crippen LogP contribution is 2.45. The maximum Gasteiger partial charge on any atom is 0.472 e. The third kappa shape index (κ3) is 80.1. The van der Waals surface area contributed by atoms with Crippen molar-refractivity contribution in [2.45, 2.75) is 490 Å². The smallest absolute Gasteiger partial charge is 0.462 e. The lowest BCUT2D eigenvalue weighted by Gasteiger charge is -2.21. The Kier molecular flexibility index (Phi) is 78.2. The van der Waals surface area contributed by atoms with Gasteiger partial charge in [0, 0.05) is 25.7 Å². The fourth-order valence-electron chi connectivity index (χ4n) is 13.6. The van der Waals surface area contributed by atoms with Crippen molar-refractivity contribution >= 4 is 39.5 Å². The van der Waals surface area contributed by atoms with Crippen molar-refractivity contribution in [3.8, 4) is 0 Å². The van der Waals surface area contributed by atoms with Gasteiger partial charge in [0.15, 0.2) is 12.2 Å². The van der Waals surface area contributed by atoms with Gasteiger partial charge in [-0.25, -0.2) is 9.13 Å². The first-order valence-corrected chi connectivity index (χ1v) is 48.1. The molecule has 3 N–H and O–H groups in total. The van der Waals surface area contributed by atoms with E-state index in [1.165, 1.54) is 295 Å². The molecule has 630 valence electrons. The normalized spacial score (nSPS) is 13.7. The van der Waals surface area contributed by atoms with Crippen molar-refractivity contribution < 1.29 is 80.2 Å². The summed E-state index contributed by atoms with van der Waals surface area (Å²) >= 11 is 0. The van der Waals surface area contributed by atoms with E-state index in [2.05, 4.69) is 34.6 Å². The number of esters is 4. The van der Waals surface area contributed by atoms with Crippen molar-refractivity contribution in [2.75, 3.05) is 39.6 Å². The fraction of sp³-hybridized carbons (Fsp3) is 0.954. The largest absolute Gasteiger partial charge is 0.472 e. The predicted molar refractivity (Wildman–Crippen MR) is 437 cm³/mol. The third-order valence-electron chi connectivity index (χ3n) is 20.5. The van der Waals surface area contributed by atoms with Gasteiger partial charge in [-0.2, -0.15) is 0 Å². The molecule has 0 aliphatic rings. The van der Waals surface area contributed by atoms with Gasteiger partial charge < -0.3 is 33.8 Å². The zero-order chi connectivity index (χ0) is 77.6. The van der Waals surface area contributed by atoms with Gasteiger partial charge in [-0.05, 0) is 31.6 Å². The number of rotatable bonds is 87. The summed E-state index contributed by atoms with van der Waals surface area (Å²) in [5.41, 5.74) is 0. The quantitative estimate of drug-likeness (QED) is 0.0222. The molecule has 0 aromatic rings. The van der Waals surface area contributed by atoms with Crippen LogP contribution in [0.15, 0.2) is 0 Å². The summed E-state index contributed by atoms with van der Waals surface area (Å²) in [6.45, 7) is 7.37. The molecule has 0 aromatic heterocycles. The van der Waals surface area contributed by atoms with Crippen LogP contribution in [0.3, 0.4) is 0 Å². The fourth-order valence-corrected chi connectivity index (χ4v) is 15.2. The maximum absolute atomic E-state index is 13.2. The average Bonchev–Trinajstić information content (AvgIpc) is 0.908. The van der Waals surface area contributed by atoms with E-state index < -0.39 is 97.5 Å². The SMILES string of the molecule is CCCCCCCCCCCCCCCCCCCCCCC(=O)O[C@H](COC(=O)CCCCCCCCCCCCCCCCCCCCC)COP(=O)(O)OC[C@@H](O)COP(=O)(O)OC[C@@H](COC(=O)CCCCCCCCCCCCC(C)C)OC(=O)CCCCCCCCCCCCCCCC. The summed E-state index contributed by atoms with van der Waals surface area (Å²) in [7, 11) is -9.93. The highest BCUT2D eigenvalue weighted by molar-refractivity contribution is 7.47. The monoisotopic (exact) mass is 1550 g/mol. The molecular formula is C87H170O17P2. The minimum Gasteiger partial charge on any atom is -0.462 e. The van der Waals surface area contributed by atoms with E-state index >= 15 is 0 Å². The molecule has 106 heavy (non-hydrogen) atoms. The van der Waals surface area contributed by atoms with Crippen LogP contribution < -0.4 is 0 Å². The minimum absolute atomic E-state index is 0.108. The van der Waals surface area contributed by atoms with Crippen molar-refractivity contribution in [1.82, 2.24) is 0 Å². The summed E-state index contributed by atoms with van der Waals surface area (Å²) in [6, 6.07) is 0. The highest BCUT2D eigenvalue weighted by atomic mass is 31.2. The summed E-state index contributed by atoms with van der Waals surface area (Å²) in [5.74, 6) is -1.34. The summed E-state index contributed by atoms with van der Waals surface area (Å²) < 4.78 is 69.0. The minimum atomic E-state index is -4.97. The lowest BCUT2D eigenvalue weighted by atomic mass is 10.0. The molecule has 0 rings (SSSR count). The first kappa shape index (κ1) is 104. The lowest BCUT2D eigenvalue weighted by Crippen LogP contribution is -2.30. The molecule has 0 fully saturated rings. The molecule has 2 unspecified atom stereocenters. The second-order valence-electron chi connectivity index (χ2n) is 31.8. The van der Waals surface area contributed by atoms with Gasteiger partial charge in [0.05, 0.1) is 26.4 Å². The van der Waals surface area contributed by atoms with E-state index in [1.54, 1.807) is 0 Å². The molecule has 0 heterocycles. The molecule has 0 bridgehead atoms. The summed E-state index contributed by atoms with van der Waals surface area (Å²) in [5, 5.41) is 10.7. The molecule has 0 aliphatic heterocycles. The molecule has 0 amide bonds. The van der Waals surface area contributed by atoms with Crippen LogP contribution >= 0.6 is 15.6 Å². The number of aliphatic hydroxyl groups excluding tert-OH is 1. The first-order valence-electron chi connectivity index (χ1n) is 45.1. The topological polar surface area (TPSA) is 237 Å². The van der Waals surface area contributed by atoms with Crippen LogP contribution in [0.1, 0.15) is 471 Å². The van der Waals surface area contributed by atoms with E-state index in [0.29, 0.717) is 25.7 Å². The van der Waals surface area contributed by atoms with Crippen molar-refractivity contribution in [3.05, 3.63) is 0 Å². The second-order valence-corrected chi connectivity index (χ2v) is 34.7. The molecular weight excluding hydrogens is 1380 g/mol. The van der Waals surface area contributed by atoms with Gasteiger partial charge >= 0.3 is 39.5 Å². The molecule has 19 heteroatoms. The standard InChI is InChI=1S/C87H170O17P2/c1-6-9-12-15-18-21-24-27-30-32-34-36-38-40-43-46-53-58-63-68-73-87(92)103-82(76-97-84(89)70-65-60-55-50-44-42-39-37-35-33-31-28-25-22-19-16-13-10-7-2)78-101-105(93,94)99-74-81(88)75-100-106(95,96)102-79-83(77-98-85(90)71-66-61-56-51-48-47-49-54-59-64-69-80(4)5)104-86(91)72-67-62-57-52-45-41-29-26-23-20-17-14-11-8-3/h80-83,88H,6-79H2,1-5H3,(H,93,94)(H,95,96)/t81-,82-,83-/m1/s1. The van der Waals surface area contributed by atoms with Crippen molar-refractivity contribution in [3.63, 3.8) is 0 Å². The molecule has 5 atom stereocenters. The Balaban J connectivity index is 5.25. The maximum atomic E-state index is 13.2. The zero-order valence-corrected chi connectivity index (χ0v) is 71.4.